The molecule has 0 amide bonds. The molecular formula is C19H27N5O2. The van der Waals surface area contributed by atoms with Crippen molar-refractivity contribution in [3.8, 4) is 11.5 Å². The van der Waals surface area contributed by atoms with Crippen LogP contribution in [0.25, 0.3) is 0 Å². The Kier molecular flexibility index (Phi) is 6.12. The van der Waals surface area contributed by atoms with Gasteiger partial charge >= 0.3 is 0 Å². The van der Waals surface area contributed by atoms with Crippen LogP contribution in [0.2, 0.25) is 0 Å². The molecule has 0 aliphatic carbocycles. The third kappa shape index (κ3) is 4.76. The number of methoxy groups -OCH3 is 2. The van der Waals surface area contributed by atoms with E-state index < -0.39 is 0 Å². The van der Waals surface area contributed by atoms with Crippen molar-refractivity contribution in [3.63, 3.8) is 0 Å². The molecule has 1 atom stereocenters. The zero-order chi connectivity index (χ0) is 18.4. The normalized spacial score (nSPS) is 17.6. The van der Waals surface area contributed by atoms with Crippen LogP contribution in [0.4, 0.5) is 17.3 Å². The fourth-order valence-corrected chi connectivity index (χ4v) is 3.25. The Labute approximate surface area is 154 Å². The zero-order valence-corrected chi connectivity index (χ0v) is 15.7. The van der Waals surface area contributed by atoms with Gasteiger partial charge in [-0.3, -0.25) is 0 Å². The average Bonchev–Trinajstić information content (AvgIpc) is 2.67. The number of nitrogens with one attached hydrogen (secondary N) is 2. The van der Waals surface area contributed by atoms with Gasteiger partial charge in [-0.15, -0.1) is 0 Å². The molecule has 140 valence electrons. The Morgan fingerprint density at radius 2 is 2.00 bits per heavy atom. The number of hydrogen-bond acceptors (Lipinski definition) is 7. The van der Waals surface area contributed by atoms with Crippen LogP contribution in [0, 0.1) is 5.92 Å². The lowest BCUT2D eigenvalue weighted by molar-refractivity contribution is 0.217. The second-order valence-corrected chi connectivity index (χ2v) is 6.63. The van der Waals surface area contributed by atoms with Gasteiger partial charge in [0.2, 0.25) is 0 Å². The summed E-state index contributed by atoms with van der Waals surface area (Å²) in [6.45, 7) is 3.25. The highest BCUT2D eigenvalue weighted by atomic mass is 16.5. The first-order valence-corrected chi connectivity index (χ1v) is 8.91. The Hall–Kier alpha value is -2.54. The first-order valence-electron chi connectivity index (χ1n) is 8.91. The van der Waals surface area contributed by atoms with E-state index in [1.807, 2.05) is 24.3 Å². The Bertz CT molecular complexity index is 725. The number of ether oxygens (including phenoxy) is 2. The molecule has 1 saturated heterocycles. The molecule has 0 spiro atoms. The number of rotatable bonds is 7. The number of aromatic nitrogens is 2. The van der Waals surface area contributed by atoms with Crippen LogP contribution in [0.3, 0.4) is 0 Å². The first-order chi connectivity index (χ1) is 12.7. The minimum Gasteiger partial charge on any atom is -0.497 e. The number of nitrogens with zero attached hydrogens (tertiary/aromatic N) is 3. The van der Waals surface area contributed by atoms with Gasteiger partial charge in [0, 0.05) is 25.2 Å². The molecule has 7 nitrogen and oxygen atoms in total. The largest absolute Gasteiger partial charge is 0.497 e. The highest BCUT2D eigenvalue weighted by Crippen LogP contribution is 2.31. The van der Waals surface area contributed by atoms with Crippen molar-refractivity contribution in [2.75, 3.05) is 51.5 Å². The molecule has 1 aliphatic heterocycles. The third-order valence-electron chi connectivity index (χ3n) is 4.63. The maximum absolute atomic E-state index is 5.42. The minimum atomic E-state index is 0.654. The predicted molar refractivity (Wildman–Crippen MR) is 104 cm³/mol. The molecule has 1 aromatic heterocycles. The monoisotopic (exact) mass is 357 g/mol. The summed E-state index contributed by atoms with van der Waals surface area (Å²) in [5.41, 5.74) is 0.826. The molecule has 2 aromatic rings. The fourth-order valence-electron chi connectivity index (χ4n) is 3.25. The Balaban J connectivity index is 1.64. The van der Waals surface area contributed by atoms with Crippen LogP contribution < -0.4 is 20.1 Å². The number of anilines is 3. The maximum atomic E-state index is 5.42. The summed E-state index contributed by atoms with van der Waals surface area (Å²) in [7, 11) is 5.45. The van der Waals surface area contributed by atoms with Gasteiger partial charge in [-0.2, -0.15) is 0 Å². The van der Waals surface area contributed by atoms with Crippen molar-refractivity contribution in [1.82, 2.24) is 14.9 Å². The quantitative estimate of drug-likeness (QED) is 0.789. The van der Waals surface area contributed by atoms with Gasteiger partial charge < -0.3 is 25.0 Å². The summed E-state index contributed by atoms with van der Waals surface area (Å²) < 4.78 is 10.7. The topological polar surface area (TPSA) is 71.5 Å². The van der Waals surface area contributed by atoms with E-state index >= 15 is 0 Å². The van der Waals surface area contributed by atoms with Crippen molar-refractivity contribution in [3.05, 3.63) is 30.6 Å². The van der Waals surface area contributed by atoms with E-state index in [0.29, 0.717) is 17.5 Å². The van der Waals surface area contributed by atoms with Crippen molar-refractivity contribution in [1.29, 1.82) is 0 Å². The minimum absolute atomic E-state index is 0.654. The lowest BCUT2D eigenvalue weighted by atomic mass is 9.98. The fraction of sp³-hybridized carbons (Fsp3) is 0.474. The summed E-state index contributed by atoms with van der Waals surface area (Å²) >= 11 is 0. The van der Waals surface area contributed by atoms with Gasteiger partial charge in [-0.25, -0.2) is 9.97 Å². The number of likely N-dealkylation sites (tertiary alicyclic amines) is 1. The van der Waals surface area contributed by atoms with Crippen molar-refractivity contribution >= 4 is 17.3 Å². The molecule has 2 N–H and O–H groups in total. The number of piperidine rings is 1. The summed E-state index contributed by atoms with van der Waals surface area (Å²) in [5.74, 6) is 3.63. The van der Waals surface area contributed by atoms with Crippen LogP contribution in [-0.4, -0.2) is 55.8 Å². The zero-order valence-electron chi connectivity index (χ0n) is 15.7. The van der Waals surface area contributed by atoms with E-state index in [4.69, 9.17) is 9.47 Å². The predicted octanol–water partition coefficient (Wildman–Crippen LogP) is 2.99. The van der Waals surface area contributed by atoms with Gasteiger partial charge in [-0.05, 0) is 44.5 Å². The summed E-state index contributed by atoms with van der Waals surface area (Å²) in [6, 6.07) is 7.54. The second kappa shape index (κ2) is 8.71. The number of hydrogen-bond donors (Lipinski definition) is 2. The van der Waals surface area contributed by atoms with Crippen molar-refractivity contribution < 1.29 is 9.47 Å². The lowest BCUT2D eigenvalue weighted by Gasteiger charge is -2.29. The van der Waals surface area contributed by atoms with Gasteiger partial charge in [-0.1, -0.05) is 0 Å². The average molecular weight is 357 g/mol. The van der Waals surface area contributed by atoms with Gasteiger partial charge in [0.15, 0.2) is 0 Å². The van der Waals surface area contributed by atoms with E-state index in [1.54, 1.807) is 20.5 Å². The van der Waals surface area contributed by atoms with Crippen LogP contribution in [0.1, 0.15) is 12.8 Å². The summed E-state index contributed by atoms with van der Waals surface area (Å²) in [4.78, 5) is 11.0. The number of benzene rings is 1. The van der Waals surface area contributed by atoms with Crippen LogP contribution in [0.15, 0.2) is 30.6 Å². The molecule has 0 saturated carbocycles. The van der Waals surface area contributed by atoms with Crippen molar-refractivity contribution in [2.45, 2.75) is 12.8 Å². The van der Waals surface area contributed by atoms with Gasteiger partial charge in [0.25, 0.3) is 0 Å². The van der Waals surface area contributed by atoms with Crippen LogP contribution in [0.5, 0.6) is 11.5 Å². The second-order valence-electron chi connectivity index (χ2n) is 6.63. The smallest absolute Gasteiger partial charge is 0.146 e. The van der Waals surface area contributed by atoms with E-state index in [-0.39, 0.29) is 0 Å². The molecule has 0 bridgehead atoms. The molecule has 1 aliphatic rings. The van der Waals surface area contributed by atoms with Crippen molar-refractivity contribution in [2.24, 2.45) is 5.92 Å². The molecule has 1 aromatic carbocycles. The molecule has 1 unspecified atom stereocenters. The summed E-state index contributed by atoms with van der Waals surface area (Å²) in [5, 5.41) is 6.72. The first kappa shape index (κ1) is 18.3. The maximum Gasteiger partial charge on any atom is 0.146 e. The highest BCUT2D eigenvalue weighted by molar-refractivity contribution is 5.66. The van der Waals surface area contributed by atoms with E-state index in [0.717, 1.165) is 30.3 Å². The van der Waals surface area contributed by atoms with E-state index in [1.165, 1.54) is 19.4 Å². The molecule has 1 fully saturated rings. The molecular weight excluding hydrogens is 330 g/mol. The van der Waals surface area contributed by atoms with E-state index in [2.05, 4.69) is 32.5 Å². The Morgan fingerprint density at radius 3 is 2.77 bits per heavy atom. The van der Waals surface area contributed by atoms with E-state index in [9.17, 15) is 0 Å². The molecule has 7 heteroatoms. The molecule has 3 rings (SSSR count). The third-order valence-corrected chi connectivity index (χ3v) is 4.63. The summed E-state index contributed by atoms with van der Waals surface area (Å²) in [6.07, 6.45) is 4.08. The molecule has 0 radical (unpaired) electrons. The van der Waals surface area contributed by atoms with Gasteiger partial charge in [0.05, 0.1) is 19.9 Å². The van der Waals surface area contributed by atoms with Gasteiger partial charge in [0.1, 0.15) is 29.5 Å². The van der Waals surface area contributed by atoms with Crippen LogP contribution in [-0.2, 0) is 0 Å². The lowest BCUT2D eigenvalue weighted by Crippen LogP contribution is -2.35. The highest BCUT2D eigenvalue weighted by Gasteiger charge is 2.17. The molecule has 2 heterocycles. The SMILES string of the molecule is COc1ccc(Nc2cc(NCC3CCCN(C)C3)ncn2)c(OC)c1. The Morgan fingerprint density at radius 1 is 1.15 bits per heavy atom. The standard InChI is InChI=1S/C19H27N5O2/c1-24-8-4-5-14(12-24)11-20-18-10-19(22-13-21-18)23-16-7-6-15(25-2)9-17(16)26-3/h6-7,9-10,13-14H,4-5,8,11-12H2,1-3H3,(H2,20,21,22,23). The van der Waals surface area contributed by atoms with Crippen LogP contribution >= 0.6 is 0 Å². The molecule has 26 heavy (non-hydrogen) atoms.